The van der Waals surface area contributed by atoms with Crippen LogP contribution in [0.25, 0.3) is 16.2 Å². The molecular formula is C18H11ClFN3O4S. The average molecular weight is 420 g/mol. The van der Waals surface area contributed by atoms with Crippen LogP contribution in [-0.2, 0) is 11.3 Å². The number of rotatable bonds is 4. The van der Waals surface area contributed by atoms with Crippen LogP contribution < -0.4 is 5.56 Å². The summed E-state index contributed by atoms with van der Waals surface area (Å²) in [5.74, 6) is -1.28. The molecule has 0 spiro atoms. The molecule has 0 aliphatic rings. The number of hydrogen-bond donors (Lipinski definition) is 0. The van der Waals surface area contributed by atoms with Crippen molar-refractivity contribution in [3.05, 3.63) is 74.1 Å². The van der Waals surface area contributed by atoms with Crippen molar-refractivity contribution in [1.29, 1.82) is 0 Å². The molecule has 0 radical (unpaired) electrons. The van der Waals surface area contributed by atoms with E-state index >= 15 is 0 Å². The topological polar surface area (TPSA) is 86.7 Å². The second-order valence-corrected chi connectivity index (χ2v) is 7.06. The van der Waals surface area contributed by atoms with Crippen molar-refractivity contribution in [2.75, 3.05) is 0 Å². The Kier molecular flexibility index (Phi) is 4.70. The summed E-state index contributed by atoms with van der Waals surface area (Å²) in [6.07, 6.45) is 1.61. The van der Waals surface area contributed by atoms with Crippen LogP contribution in [0, 0.1) is 12.7 Å². The van der Waals surface area contributed by atoms with E-state index in [4.69, 9.17) is 20.9 Å². The van der Waals surface area contributed by atoms with Gasteiger partial charge in [-0.05, 0) is 19.1 Å². The minimum atomic E-state index is -0.791. The summed E-state index contributed by atoms with van der Waals surface area (Å²) in [7, 11) is 0. The van der Waals surface area contributed by atoms with E-state index in [1.807, 2.05) is 0 Å². The van der Waals surface area contributed by atoms with Gasteiger partial charge in [-0.15, -0.1) is 11.3 Å². The van der Waals surface area contributed by atoms with Gasteiger partial charge in [-0.2, -0.15) is 0 Å². The maximum absolute atomic E-state index is 14.2. The third kappa shape index (κ3) is 3.19. The second kappa shape index (κ2) is 7.17. The van der Waals surface area contributed by atoms with E-state index in [1.165, 1.54) is 46.9 Å². The lowest BCUT2D eigenvalue weighted by Crippen LogP contribution is -2.15. The van der Waals surface area contributed by atoms with Gasteiger partial charge in [-0.25, -0.2) is 14.2 Å². The molecule has 0 aliphatic heterocycles. The van der Waals surface area contributed by atoms with Crippen molar-refractivity contribution in [3.8, 4) is 11.3 Å². The standard InChI is InChI=1S/C18H11ClFN3O4S/c1-9-14(16(22-27-9)15-11(19)3-2-4-12(15)20)17(25)26-8-10-7-13(24)23-5-6-28-18(23)21-10/h2-7H,8H2,1H3. The Balaban J connectivity index is 1.64. The van der Waals surface area contributed by atoms with Crippen molar-refractivity contribution < 1.29 is 18.4 Å². The van der Waals surface area contributed by atoms with Gasteiger partial charge >= 0.3 is 5.97 Å². The highest BCUT2D eigenvalue weighted by Gasteiger charge is 2.26. The number of aryl methyl sites for hydroxylation is 1. The van der Waals surface area contributed by atoms with Gasteiger partial charge in [0.25, 0.3) is 5.56 Å². The highest BCUT2D eigenvalue weighted by atomic mass is 35.5. The van der Waals surface area contributed by atoms with Gasteiger partial charge in [0.05, 0.1) is 16.3 Å². The number of aromatic nitrogens is 3. The maximum Gasteiger partial charge on any atom is 0.344 e. The van der Waals surface area contributed by atoms with Crippen LogP contribution in [0.3, 0.4) is 0 Å². The van der Waals surface area contributed by atoms with E-state index in [1.54, 1.807) is 11.6 Å². The lowest BCUT2D eigenvalue weighted by molar-refractivity contribution is 0.0466. The molecule has 0 saturated carbocycles. The van der Waals surface area contributed by atoms with Gasteiger partial charge in [-0.1, -0.05) is 22.8 Å². The molecule has 4 rings (SSSR count). The number of thiazole rings is 1. The SMILES string of the molecule is Cc1onc(-c2c(F)cccc2Cl)c1C(=O)OCc1cc(=O)n2ccsc2n1. The zero-order valence-corrected chi connectivity index (χ0v) is 15.9. The summed E-state index contributed by atoms with van der Waals surface area (Å²) in [6, 6.07) is 5.40. The van der Waals surface area contributed by atoms with Crippen molar-refractivity contribution >= 4 is 33.9 Å². The minimum absolute atomic E-state index is 0.0408. The lowest BCUT2D eigenvalue weighted by Gasteiger charge is -2.07. The van der Waals surface area contributed by atoms with Crippen LogP contribution in [0.5, 0.6) is 0 Å². The first kappa shape index (κ1) is 18.3. The first-order valence-corrected chi connectivity index (χ1v) is 9.25. The smallest absolute Gasteiger partial charge is 0.344 e. The first-order valence-electron chi connectivity index (χ1n) is 7.99. The summed E-state index contributed by atoms with van der Waals surface area (Å²) < 4.78 is 25.9. The third-order valence-corrected chi connectivity index (χ3v) is 5.05. The Bertz CT molecular complexity index is 1240. The van der Waals surface area contributed by atoms with Crippen molar-refractivity contribution in [2.45, 2.75) is 13.5 Å². The van der Waals surface area contributed by atoms with Gasteiger partial charge in [0.1, 0.15) is 29.4 Å². The summed E-state index contributed by atoms with van der Waals surface area (Å²) in [5, 5.41) is 5.57. The van der Waals surface area contributed by atoms with E-state index in [2.05, 4.69) is 10.1 Å². The summed E-state index contributed by atoms with van der Waals surface area (Å²) in [6.45, 7) is 1.27. The highest BCUT2D eigenvalue weighted by Crippen LogP contribution is 2.33. The Labute approximate surface area is 165 Å². The molecule has 0 fully saturated rings. The second-order valence-electron chi connectivity index (χ2n) is 5.78. The van der Waals surface area contributed by atoms with E-state index < -0.39 is 11.8 Å². The third-order valence-electron chi connectivity index (χ3n) is 3.97. The lowest BCUT2D eigenvalue weighted by atomic mass is 10.1. The van der Waals surface area contributed by atoms with Crippen LogP contribution in [0.1, 0.15) is 21.8 Å². The number of fused-ring (bicyclic) bond motifs is 1. The van der Waals surface area contributed by atoms with Crippen LogP contribution in [0.2, 0.25) is 5.02 Å². The largest absolute Gasteiger partial charge is 0.455 e. The molecule has 0 saturated heterocycles. The minimum Gasteiger partial charge on any atom is -0.455 e. The molecule has 4 aromatic rings. The summed E-state index contributed by atoms with van der Waals surface area (Å²) in [4.78, 5) is 29.4. The number of benzene rings is 1. The molecular weight excluding hydrogens is 409 g/mol. The number of halogens is 2. The predicted octanol–water partition coefficient (Wildman–Crippen LogP) is 3.87. The van der Waals surface area contributed by atoms with E-state index in [0.29, 0.717) is 10.7 Å². The summed E-state index contributed by atoms with van der Waals surface area (Å²) >= 11 is 7.35. The molecule has 7 nitrogen and oxygen atoms in total. The number of hydrogen-bond acceptors (Lipinski definition) is 7. The molecule has 1 aromatic carbocycles. The van der Waals surface area contributed by atoms with Gasteiger partial charge < -0.3 is 9.26 Å². The average Bonchev–Trinajstić information content (AvgIpc) is 3.27. The fourth-order valence-corrected chi connectivity index (χ4v) is 3.67. The quantitative estimate of drug-likeness (QED) is 0.467. The van der Waals surface area contributed by atoms with Crippen molar-refractivity contribution in [2.24, 2.45) is 0 Å². The van der Waals surface area contributed by atoms with Gasteiger partial charge in [0.2, 0.25) is 0 Å². The molecule has 3 aromatic heterocycles. The number of ether oxygens (including phenoxy) is 1. The van der Waals surface area contributed by atoms with Crippen LogP contribution in [0.15, 0.2) is 45.2 Å². The van der Waals surface area contributed by atoms with E-state index in [-0.39, 0.29) is 39.8 Å². The van der Waals surface area contributed by atoms with Crippen LogP contribution in [-0.4, -0.2) is 20.5 Å². The highest BCUT2D eigenvalue weighted by molar-refractivity contribution is 7.15. The van der Waals surface area contributed by atoms with E-state index in [0.717, 1.165) is 0 Å². The van der Waals surface area contributed by atoms with Crippen LogP contribution in [0.4, 0.5) is 4.39 Å². The van der Waals surface area contributed by atoms with Gasteiger partial charge in [0.15, 0.2) is 4.96 Å². The zero-order valence-electron chi connectivity index (χ0n) is 14.3. The molecule has 0 atom stereocenters. The molecule has 142 valence electrons. The van der Waals surface area contributed by atoms with Gasteiger partial charge in [0, 0.05) is 17.6 Å². The zero-order chi connectivity index (χ0) is 19.8. The van der Waals surface area contributed by atoms with E-state index in [9.17, 15) is 14.0 Å². The van der Waals surface area contributed by atoms with Crippen LogP contribution >= 0.6 is 22.9 Å². The first-order chi connectivity index (χ1) is 13.5. The fourth-order valence-electron chi connectivity index (χ4n) is 2.68. The molecule has 0 aliphatic carbocycles. The number of carbonyl (C=O) groups is 1. The molecule has 10 heteroatoms. The fraction of sp³-hybridized carbons (Fsp3) is 0.111. The van der Waals surface area contributed by atoms with Crippen molar-refractivity contribution in [1.82, 2.24) is 14.5 Å². The predicted molar refractivity (Wildman–Crippen MR) is 100 cm³/mol. The number of esters is 1. The molecule has 0 N–H and O–H groups in total. The number of carbonyl (C=O) groups excluding carboxylic acids is 1. The normalized spacial score (nSPS) is 11.1. The number of nitrogens with zero attached hydrogens (tertiary/aromatic N) is 3. The Morgan fingerprint density at radius 3 is 3.04 bits per heavy atom. The van der Waals surface area contributed by atoms with Gasteiger partial charge in [-0.3, -0.25) is 9.20 Å². The Morgan fingerprint density at radius 2 is 2.25 bits per heavy atom. The molecule has 0 unspecified atom stereocenters. The Hall–Kier alpha value is -3.04. The molecule has 0 bridgehead atoms. The molecule has 3 heterocycles. The molecule has 28 heavy (non-hydrogen) atoms. The van der Waals surface area contributed by atoms with Crippen molar-refractivity contribution in [3.63, 3.8) is 0 Å². The summed E-state index contributed by atoms with van der Waals surface area (Å²) in [5.41, 5.74) is -0.129. The monoisotopic (exact) mass is 419 g/mol. The Morgan fingerprint density at radius 1 is 1.43 bits per heavy atom. The molecule has 0 amide bonds. The maximum atomic E-state index is 14.2.